The molecule has 6 heteroatoms. The standard InChI is InChI=1S/C14H15ClN4O/c15-11-6-7-13(18-10-11)20-9-8-17-14(16)19-12-4-2-1-3-5-12/h1-7,10H,8-9H2,(H3,16,17,19). The van der Waals surface area contributed by atoms with E-state index < -0.39 is 0 Å². The summed E-state index contributed by atoms with van der Waals surface area (Å²) < 4.78 is 5.40. The van der Waals surface area contributed by atoms with Gasteiger partial charge in [0.25, 0.3) is 0 Å². The number of nitrogens with two attached hydrogens (primary N) is 1. The van der Waals surface area contributed by atoms with Crippen LogP contribution in [0.5, 0.6) is 5.88 Å². The topological polar surface area (TPSA) is 72.5 Å². The van der Waals surface area contributed by atoms with Crippen molar-refractivity contribution in [1.82, 2.24) is 4.98 Å². The first-order valence-corrected chi connectivity index (χ1v) is 6.48. The van der Waals surface area contributed by atoms with Gasteiger partial charge in [0.1, 0.15) is 6.61 Å². The van der Waals surface area contributed by atoms with E-state index in [1.54, 1.807) is 12.1 Å². The molecule has 5 nitrogen and oxygen atoms in total. The minimum Gasteiger partial charge on any atom is -0.476 e. The van der Waals surface area contributed by atoms with E-state index in [4.69, 9.17) is 22.1 Å². The second kappa shape index (κ2) is 7.35. The number of benzene rings is 1. The summed E-state index contributed by atoms with van der Waals surface area (Å²) in [5, 5.41) is 3.56. The Morgan fingerprint density at radius 1 is 1.25 bits per heavy atom. The monoisotopic (exact) mass is 290 g/mol. The number of aromatic nitrogens is 1. The smallest absolute Gasteiger partial charge is 0.213 e. The fourth-order valence-electron chi connectivity index (χ4n) is 1.47. The predicted molar refractivity (Wildman–Crippen MR) is 81.3 cm³/mol. The predicted octanol–water partition coefficient (Wildman–Crippen LogP) is 2.54. The van der Waals surface area contributed by atoms with Crippen LogP contribution in [0.2, 0.25) is 5.02 Å². The highest BCUT2D eigenvalue weighted by molar-refractivity contribution is 6.30. The van der Waals surface area contributed by atoms with E-state index in [0.717, 1.165) is 5.69 Å². The number of hydrogen-bond acceptors (Lipinski definition) is 3. The Balaban J connectivity index is 1.74. The number of anilines is 1. The van der Waals surface area contributed by atoms with Gasteiger partial charge in [-0.05, 0) is 18.2 Å². The van der Waals surface area contributed by atoms with Crippen LogP contribution in [0.4, 0.5) is 5.69 Å². The van der Waals surface area contributed by atoms with Gasteiger partial charge in [0.05, 0.1) is 11.6 Å². The Hall–Kier alpha value is -2.27. The third kappa shape index (κ3) is 4.78. The van der Waals surface area contributed by atoms with E-state index in [-0.39, 0.29) is 0 Å². The number of aliphatic imine (C=N–C) groups is 1. The number of nitrogens with zero attached hydrogens (tertiary/aromatic N) is 2. The van der Waals surface area contributed by atoms with Gasteiger partial charge in [0.2, 0.25) is 5.88 Å². The summed E-state index contributed by atoms with van der Waals surface area (Å²) in [7, 11) is 0. The molecule has 0 amide bonds. The molecule has 0 aliphatic carbocycles. The van der Waals surface area contributed by atoms with Crippen LogP contribution in [-0.4, -0.2) is 24.1 Å². The zero-order valence-electron chi connectivity index (χ0n) is 10.8. The number of hydrogen-bond donors (Lipinski definition) is 2. The van der Waals surface area contributed by atoms with Gasteiger partial charge in [-0.1, -0.05) is 29.8 Å². The molecule has 0 saturated heterocycles. The average molecular weight is 291 g/mol. The highest BCUT2D eigenvalue weighted by Gasteiger charge is 1.96. The van der Waals surface area contributed by atoms with Crippen molar-refractivity contribution in [3.63, 3.8) is 0 Å². The summed E-state index contributed by atoms with van der Waals surface area (Å²) >= 11 is 5.73. The summed E-state index contributed by atoms with van der Waals surface area (Å²) in [6.07, 6.45) is 1.53. The van der Waals surface area contributed by atoms with Crippen molar-refractivity contribution in [2.75, 3.05) is 18.5 Å². The summed E-state index contributed by atoms with van der Waals surface area (Å²) in [4.78, 5) is 8.17. The molecule has 104 valence electrons. The highest BCUT2D eigenvalue weighted by atomic mass is 35.5. The molecule has 1 aromatic heterocycles. The molecule has 0 bridgehead atoms. The fourth-order valence-corrected chi connectivity index (χ4v) is 1.58. The van der Waals surface area contributed by atoms with E-state index in [0.29, 0.717) is 30.0 Å². The second-order valence-corrected chi connectivity index (χ2v) is 4.36. The molecule has 0 aliphatic heterocycles. The Morgan fingerprint density at radius 3 is 2.75 bits per heavy atom. The summed E-state index contributed by atoms with van der Waals surface area (Å²) in [6, 6.07) is 13.0. The van der Waals surface area contributed by atoms with Crippen LogP contribution in [0.1, 0.15) is 0 Å². The zero-order chi connectivity index (χ0) is 14.2. The van der Waals surface area contributed by atoms with E-state index >= 15 is 0 Å². The summed E-state index contributed by atoms with van der Waals surface area (Å²) in [5.41, 5.74) is 6.65. The molecule has 0 radical (unpaired) electrons. The number of pyridine rings is 1. The van der Waals surface area contributed by atoms with Crippen molar-refractivity contribution in [2.45, 2.75) is 0 Å². The maximum Gasteiger partial charge on any atom is 0.213 e. The van der Waals surface area contributed by atoms with Gasteiger partial charge in [-0.3, -0.25) is 0 Å². The number of para-hydroxylation sites is 1. The maximum absolute atomic E-state index is 5.76. The fraction of sp³-hybridized carbons (Fsp3) is 0.143. The molecule has 1 aromatic carbocycles. The maximum atomic E-state index is 5.76. The van der Waals surface area contributed by atoms with E-state index in [2.05, 4.69) is 15.3 Å². The lowest BCUT2D eigenvalue weighted by Gasteiger charge is -2.06. The van der Waals surface area contributed by atoms with Gasteiger partial charge in [0.15, 0.2) is 5.96 Å². The van der Waals surface area contributed by atoms with Crippen LogP contribution in [-0.2, 0) is 0 Å². The lowest BCUT2D eigenvalue weighted by molar-refractivity contribution is 0.316. The van der Waals surface area contributed by atoms with Crippen LogP contribution in [0.15, 0.2) is 53.7 Å². The largest absolute Gasteiger partial charge is 0.476 e. The number of rotatable bonds is 5. The Bertz CT molecular complexity index is 557. The Labute approximate surface area is 122 Å². The Kier molecular flexibility index (Phi) is 5.20. The van der Waals surface area contributed by atoms with Gasteiger partial charge >= 0.3 is 0 Å². The van der Waals surface area contributed by atoms with Gasteiger partial charge in [-0.2, -0.15) is 0 Å². The lowest BCUT2D eigenvalue weighted by Crippen LogP contribution is -2.23. The van der Waals surface area contributed by atoms with Crippen molar-refractivity contribution in [2.24, 2.45) is 10.7 Å². The third-order valence-electron chi connectivity index (χ3n) is 2.37. The SMILES string of the molecule is NC(=NCCOc1ccc(Cl)cn1)Nc1ccccc1. The first-order valence-electron chi connectivity index (χ1n) is 6.10. The van der Waals surface area contributed by atoms with Gasteiger partial charge in [-0.15, -0.1) is 0 Å². The first kappa shape index (κ1) is 14.1. The number of nitrogens with one attached hydrogen (secondary N) is 1. The molecule has 0 spiro atoms. The van der Waals surface area contributed by atoms with Crippen molar-refractivity contribution in [3.05, 3.63) is 53.7 Å². The molecule has 20 heavy (non-hydrogen) atoms. The van der Waals surface area contributed by atoms with Crippen molar-refractivity contribution >= 4 is 23.2 Å². The number of guanidine groups is 1. The lowest BCUT2D eigenvalue weighted by atomic mass is 10.3. The quantitative estimate of drug-likeness (QED) is 0.504. The molecule has 0 aliphatic rings. The van der Waals surface area contributed by atoms with Crippen molar-refractivity contribution in [3.8, 4) is 5.88 Å². The summed E-state index contributed by atoms with van der Waals surface area (Å²) in [5.74, 6) is 0.864. The zero-order valence-corrected chi connectivity index (χ0v) is 11.5. The molecule has 0 fully saturated rings. The summed E-state index contributed by atoms with van der Waals surface area (Å²) in [6.45, 7) is 0.835. The first-order chi connectivity index (χ1) is 9.74. The van der Waals surface area contributed by atoms with E-state index in [9.17, 15) is 0 Å². The number of ether oxygens (including phenoxy) is 1. The molecule has 2 rings (SSSR count). The molecule has 2 aromatic rings. The van der Waals surface area contributed by atoms with Gasteiger partial charge in [0, 0.05) is 18.0 Å². The number of halogens is 1. The molecule has 0 unspecified atom stereocenters. The highest BCUT2D eigenvalue weighted by Crippen LogP contribution is 2.11. The van der Waals surface area contributed by atoms with Crippen LogP contribution >= 0.6 is 11.6 Å². The van der Waals surface area contributed by atoms with Crippen molar-refractivity contribution < 1.29 is 4.74 Å². The average Bonchev–Trinajstić information content (AvgIpc) is 2.46. The van der Waals surface area contributed by atoms with Gasteiger partial charge in [-0.25, -0.2) is 9.98 Å². The molecule has 0 atom stereocenters. The molecule has 1 heterocycles. The molecular weight excluding hydrogens is 276 g/mol. The molecular formula is C14H15ClN4O. The molecule has 0 saturated carbocycles. The molecule has 3 N–H and O–H groups in total. The normalized spacial score (nSPS) is 11.2. The van der Waals surface area contributed by atoms with Crippen LogP contribution in [0, 0.1) is 0 Å². The minimum atomic E-state index is 0.351. The van der Waals surface area contributed by atoms with Crippen LogP contribution in [0.3, 0.4) is 0 Å². The van der Waals surface area contributed by atoms with Gasteiger partial charge < -0.3 is 15.8 Å². The van der Waals surface area contributed by atoms with E-state index in [1.807, 2.05) is 30.3 Å². The third-order valence-corrected chi connectivity index (χ3v) is 2.59. The minimum absolute atomic E-state index is 0.351. The van der Waals surface area contributed by atoms with Crippen LogP contribution < -0.4 is 15.8 Å². The van der Waals surface area contributed by atoms with Crippen molar-refractivity contribution in [1.29, 1.82) is 0 Å². The Morgan fingerprint density at radius 2 is 2.05 bits per heavy atom. The van der Waals surface area contributed by atoms with E-state index in [1.165, 1.54) is 6.20 Å². The van der Waals surface area contributed by atoms with Crippen LogP contribution in [0.25, 0.3) is 0 Å². The second-order valence-electron chi connectivity index (χ2n) is 3.92.